The maximum Gasteiger partial charge on any atom is 0.295 e. The summed E-state index contributed by atoms with van der Waals surface area (Å²) < 4.78 is 31.3. The van der Waals surface area contributed by atoms with Crippen LogP contribution in [0.2, 0.25) is 0 Å². The molecule has 17 heavy (non-hydrogen) atoms. The molecule has 0 amide bonds. The van der Waals surface area contributed by atoms with Gasteiger partial charge in [-0.05, 0) is 23.1 Å². The number of fused-ring (bicyclic) bond motifs is 1. The zero-order chi connectivity index (χ0) is 12.5. The van der Waals surface area contributed by atoms with Crippen LogP contribution in [0.5, 0.6) is 0 Å². The lowest BCUT2D eigenvalue weighted by Gasteiger charge is -2.03. The first kappa shape index (κ1) is 11.4. The van der Waals surface area contributed by atoms with Gasteiger partial charge in [0.1, 0.15) is 4.90 Å². The summed E-state index contributed by atoms with van der Waals surface area (Å²) in [6.45, 7) is 0. The standard InChI is InChI=1S/C10H7N3O3S/c11-13-12-8-4-5-9-7(6-8)2-1-3-10(9)17(14,15)16/h1-6H,(H,14,15,16). The van der Waals surface area contributed by atoms with Gasteiger partial charge in [-0.1, -0.05) is 29.4 Å². The van der Waals surface area contributed by atoms with E-state index in [4.69, 9.17) is 10.1 Å². The first-order valence-corrected chi connectivity index (χ1v) is 6.02. The van der Waals surface area contributed by atoms with Gasteiger partial charge in [0.2, 0.25) is 0 Å². The molecular weight excluding hydrogens is 242 g/mol. The van der Waals surface area contributed by atoms with E-state index in [1.165, 1.54) is 24.3 Å². The molecule has 0 bridgehead atoms. The lowest BCUT2D eigenvalue weighted by Crippen LogP contribution is -1.98. The molecular formula is C10H7N3O3S. The fourth-order valence-electron chi connectivity index (χ4n) is 1.58. The Morgan fingerprint density at radius 3 is 2.65 bits per heavy atom. The normalized spacial score (nSPS) is 11.1. The Morgan fingerprint density at radius 2 is 2.00 bits per heavy atom. The lowest BCUT2D eigenvalue weighted by molar-refractivity contribution is 0.484. The van der Waals surface area contributed by atoms with E-state index in [0.717, 1.165) is 0 Å². The molecule has 0 aliphatic rings. The quantitative estimate of drug-likeness (QED) is 0.383. The monoisotopic (exact) mass is 249 g/mol. The Morgan fingerprint density at radius 1 is 1.24 bits per heavy atom. The highest BCUT2D eigenvalue weighted by molar-refractivity contribution is 7.86. The molecule has 7 heteroatoms. The molecule has 0 radical (unpaired) electrons. The summed E-state index contributed by atoms with van der Waals surface area (Å²) in [5.74, 6) is 0. The molecule has 2 rings (SSSR count). The summed E-state index contributed by atoms with van der Waals surface area (Å²) in [6, 6.07) is 9.00. The van der Waals surface area contributed by atoms with Crippen molar-refractivity contribution in [2.45, 2.75) is 4.90 Å². The number of azide groups is 1. The summed E-state index contributed by atoms with van der Waals surface area (Å²) in [4.78, 5) is 2.48. The second-order valence-electron chi connectivity index (χ2n) is 3.33. The van der Waals surface area contributed by atoms with Crippen molar-refractivity contribution in [3.63, 3.8) is 0 Å². The number of nitrogens with zero attached hydrogens (tertiary/aromatic N) is 3. The van der Waals surface area contributed by atoms with Crippen LogP contribution < -0.4 is 0 Å². The average Bonchev–Trinajstić information content (AvgIpc) is 2.27. The first-order valence-electron chi connectivity index (χ1n) is 4.58. The second-order valence-corrected chi connectivity index (χ2v) is 4.72. The van der Waals surface area contributed by atoms with E-state index < -0.39 is 10.1 Å². The van der Waals surface area contributed by atoms with E-state index >= 15 is 0 Å². The van der Waals surface area contributed by atoms with Crippen molar-refractivity contribution in [3.05, 3.63) is 46.8 Å². The van der Waals surface area contributed by atoms with Gasteiger partial charge in [-0.2, -0.15) is 8.42 Å². The van der Waals surface area contributed by atoms with Crippen LogP contribution >= 0.6 is 0 Å². The van der Waals surface area contributed by atoms with Crippen LogP contribution in [0.4, 0.5) is 5.69 Å². The zero-order valence-corrected chi connectivity index (χ0v) is 9.29. The highest BCUT2D eigenvalue weighted by Gasteiger charge is 2.13. The summed E-state index contributed by atoms with van der Waals surface area (Å²) in [6.07, 6.45) is 0. The highest BCUT2D eigenvalue weighted by atomic mass is 32.2. The molecule has 6 nitrogen and oxygen atoms in total. The molecule has 0 spiro atoms. The third kappa shape index (κ3) is 2.21. The number of benzene rings is 2. The van der Waals surface area contributed by atoms with Crippen molar-refractivity contribution >= 4 is 26.6 Å². The molecule has 0 fully saturated rings. The van der Waals surface area contributed by atoms with Gasteiger partial charge in [0.15, 0.2) is 0 Å². The van der Waals surface area contributed by atoms with Crippen LogP contribution in [0, 0.1) is 0 Å². The minimum Gasteiger partial charge on any atom is -0.282 e. The Labute approximate surface area is 96.9 Å². The van der Waals surface area contributed by atoms with E-state index in [1.807, 2.05) is 0 Å². The van der Waals surface area contributed by atoms with Crippen molar-refractivity contribution < 1.29 is 13.0 Å². The van der Waals surface area contributed by atoms with Crippen LogP contribution in [-0.4, -0.2) is 13.0 Å². The largest absolute Gasteiger partial charge is 0.295 e. The lowest BCUT2D eigenvalue weighted by atomic mass is 10.1. The van der Waals surface area contributed by atoms with E-state index in [9.17, 15) is 8.42 Å². The third-order valence-corrected chi connectivity index (χ3v) is 3.17. The van der Waals surface area contributed by atoms with E-state index in [1.54, 1.807) is 12.1 Å². The van der Waals surface area contributed by atoms with Gasteiger partial charge in [-0.15, -0.1) is 0 Å². The molecule has 2 aromatic rings. The SMILES string of the molecule is [N-]=[N+]=Nc1ccc2c(S(=O)(=O)O)cccc2c1. The van der Waals surface area contributed by atoms with Crippen molar-refractivity contribution in [1.82, 2.24) is 0 Å². The van der Waals surface area contributed by atoms with Gasteiger partial charge in [-0.25, -0.2) is 0 Å². The molecule has 0 saturated heterocycles. The van der Waals surface area contributed by atoms with Gasteiger partial charge in [0, 0.05) is 16.0 Å². The van der Waals surface area contributed by atoms with Crippen molar-refractivity contribution in [3.8, 4) is 0 Å². The van der Waals surface area contributed by atoms with Crippen LogP contribution in [0.15, 0.2) is 46.4 Å². The molecule has 2 aromatic carbocycles. The summed E-state index contributed by atoms with van der Waals surface area (Å²) in [5.41, 5.74) is 8.68. The molecule has 0 heterocycles. The first-order chi connectivity index (χ1) is 8.02. The maximum atomic E-state index is 11.1. The molecule has 0 aromatic heterocycles. The number of rotatable bonds is 2. The number of hydrogen-bond donors (Lipinski definition) is 1. The zero-order valence-electron chi connectivity index (χ0n) is 8.48. The molecule has 1 N–H and O–H groups in total. The van der Waals surface area contributed by atoms with E-state index in [0.29, 0.717) is 16.5 Å². The fourth-order valence-corrected chi connectivity index (χ4v) is 2.29. The van der Waals surface area contributed by atoms with Gasteiger partial charge in [-0.3, -0.25) is 4.55 Å². The summed E-state index contributed by atoms with van der Waals surface area (Å²) >= 11 is 0. The smallest absolute Gasteiger partial charge is 0.282 e. The van der Waals surface area contributed by atoms with Crippen molar-refractivity contribution in [2.75, 3.05) is 0 Å². The van der Waals surface area contributed by atoms with Crippen LogP contribution in [0.25, 0.3) is 21.2 Å². The molecule has 0 atom stereocenters. The molecule has 0 unspecified atom stereocenters. The average molecular weight is 249 g/mol. The van der Waals surface area contributed by atoms with Crippen LogP contribution in [0.3, 0.4) is 0 Å². The number of hydrogen-bond acceptors (Lipinski definition) is 3. The van der Waals surface area contributed by atoms with Crippen LogP contribution in [0.1, 0.15) is 0 Å². The Balaban J connectivity index is 2.80. The Kier molecular flexibility index (Phi) is 2.72. The predicted molar refractivity (Wildman–Crippen MR) is 62.6 cm³/mol. The maximum absolute atomic E-state index is 11.1. The van der Waals surface area contributed by atoms with Gasteiger partial charge >= 0.3 is 0 Å². The van der Waals surface area contributed by atoms with Crippen molar-refractivity contribution in [1.29, 1.82) is 0 Å². The molecule has 0 saturated carbocycles. The topological polar surface area (TPSA) is 103 Å². The van der Waals surface area contributed by atoms with Crippen LogP contribution in [-0.2, 0) is 10.1 Å². The summed E-state index contributed by atoms with van der Waals surface area (Å²) in [7, 11) is -4.26. The van der Waals surface area contributed by atoms with E-state index in [-0.39, 0.29) is 4.90 Å². The molecule has 0 aliphatic carbocycles. The second kappa shape index (κ2) is 4.06. The Hall–Kier alpha value is -2.08. The van der Waals surface area contributed by atoms with E-state index in [2.05, 4.69) is 10.0 Å². The van der Waals surface area contributed by atoms with Crippen molar-refractivity contribution in [2.24, 2.45) is 5.11 Å². The minimum absolute atomic E-state index is 0.164. The van der Waals surface area contributed by atoms with Gasteiger partial charge in [0.25, 0.3) is 10.1 Å². The molecule has 0 aliphatic heterocycles. The fraction of sp³-hybridized carbons (Fsp3) is 0. The molecule has 86 valence electrons. The predicted octanol–water partition coefficient (Wildman–Crippen LogP) is 3.03. The third-order valence-electron chi connectivity index (χ3n) is 2.26. The summed E-state index contributed by atoms with van der Waals surface area (Å²) in [5, 5.41) is 4.37. The highest BCUT2D eigenvalue weighted by Crippen LogP contribution is 2.26. The van der Waals surface area contributed by atoms with Gasteiger partial charge in [0.05, 0.1) is 0 Å². The Bertz CT molecular complexity index is 734. The minimum atomic E-state index is -4.26. The van der Waals surface area contributed by atoms with Gasteiger partial charge < -0.3 is 0 Å².